The number of benzene rings is 2. The maximum absolute atomic E-state index is 6.10. The molecule has 0 aromatic heterocycles. The van der Waals surface area contributed by atoms with Crippen LogP contribution in [0.4, 0.5) is 0 Å². The highest BCUT2D eigenvalue weighted by Gasteiger charge is 2.22. The van der Waals surface area contributed by atoms with E-state index in [1.165, 1.54) is 30.5 Å². The Morgan fingerprint density at radius 3 is 2.72 bits per heavy atom. The van der Waals surface area contributed by atoms with E-state index in [9.17, 15) is 0 Å². The Kier molecular flexibility index (Phi) is 8.40. The molecule has 0 radical (unpaired) electrons. The Hall–Kier alpha value is -1.56. The van der Waals surface area contributed by atoms with E-state index < -0.39 is 0 Å². The van der Waals surface area contributed by atoms with Crippen molar-refractivity contribution in [2.24, 2.45) is 0 Å². The highest BCUT2D eigenvalue weighted by molar-refractivity contribution is 9.10. The van der Waals surface area contributed by atoms with Gasteiger partial charge in [-0.05, 0) is 63.0 Å². The molecule has 0 saturated carbocycles. The number of hydrogen-bond acceptors (Lipinski definition) is 4. The van der Waals surface area contributed by atoms with Crippen LogP contribution in [0.2, 0.25) is 0 Å². The van der Waals surface area contributed by atoms with Crippen molar-refractivity contribution in [1.29, 1.82) is 0 Å². The second-order valence-electron chi connectivity index (χ2n) is 7.66. The number of aryl methyl sites for hydroxylation is 1. The van der Waals surface area contributed by atoms with Crippen LogP contribution in [0.1, 0.15) is 43.4 Å². The summed E-state index contributed by atoms with van der Waals surface area (Å²) in [7, 11) is 0. The zero-order chi connectivity index (χ0) is 20.6. The molecule has 29 heavy (non-hydrogen) atoms. The number of halogens is 1. The van der Waals surface area contributed by atoms with E-state index in [1.54, 1.807) is 0 Å². The van der Waals surface area contributed by atoms with Gasteiger partial charge in [-0.1, -0.05) is 52.7 Å². The first-order valence-corrected chi connectivity index (χ1v) is 11.5. The Morgan fingerprint density at radius 1 is 1.14 bits per heavy atom. The lowest BCUT2D eigenvalue weighted by molar-refractivity contribution is 0.259. The molecule has 2 aromatic carbocycles. The fourth-order valence-corrected chi connectivity index (χ4v) is 4.44. The molecule has 1 aliphatic heterocycles. The summed E-state index contributed by atoms with van der Waals surface area (Å²) in [6.45, 7) is 11.7. The van der Waals surface area contributed by atoms with Crippen LogP contribution in [0, 0.1) is 6.92 Å². The molecule has 5 heteroatoms. The summed E-state index contributed by atoms with van der Waals surface area (Å²) in [6, 6.07) is 13.2. The molecule has 1 unspecified atom stereocenters. The molecule has 1 saturated heterocycles. The minimum absolute atomic E-state index is 0.528. The van der Waals surface area contributed by atoms with E-state index in [-0.39, 0.29) is 0 Å². The van der Waals surface area contributed by atoms with Crippen LogP contribution >= 0.6 is 15.9 Å². The van der Waals surface area contributed by atoms with E-state index >= 15 is 0 Å². The molecule has 1 fully saturated rings. The molecule has 0 aliphatic carbocycles. The zero-order valence-electron chi connectivity index (χ0n) is 17.8. The van der Waals surface area contributed by atoms with Gasteiger partial charge in [0.2, 0.25) is 0 Å². The molecule has 4 nitrogen and oxygen atoms in total. The summed E-state index contributed by atoms with van der Waals surface area (Å²) in [5, 5.41) is 3.63. The predicted molar refractivity (Wildman–Crippen MR) is 123 cm³/mol. The highest BCUT2D eigenvalue weighted by Crippen LogP contribution is 2.34. The molecule has 1 atom stereocenters. The Balaban J connectivity index is 1.63. The van der Waals surface area contributed by atoms with Gasteiger partial charge in [0, 0.05) is 23.6 Å². The maximum atomic E-state index is 6.10. The number of likely N-dealkylation sites (tertiary alicyclic amines) is 1. The van der Waals surface area contributed by atoms with Gasteiger partial charge in [-0.2, -0.15) is 0 Å². The molecule has 1 heterocycles. The molecule has 2 aromatic rings. The highest BCUT2D eigenvalue weighted by atomic mass is 79.9. The van der Waals surface area contributed by atoms with Gasteiger partial charge in [0.15, 0.2) is 11.5 Å². The number of ether oxygens (including phenoxy) is 2. The molecular weight excluding hydrogens is 428 g/mol. The minimum atomic E-state index is 0.528. The molecule has 1 N–H and O–H groups in total. The van der Waals surface area contributed by atoms with Gasteiger partial charge in [-0.15, -0.1) is 0 Å². The number of nitrogens with zero attached hydrogens (tertiary/aromatic N) is 1. The van der Waals surface area contributed by atoms with Crippen molar-refractivity contribution in [1.82, 2.24) is 10.2 Å². The molecule has 158 valence electrons. The topological polar surface area (TPSA) is 33.7 Å². The van der Waals surface area contributed by atoms with Crippen LogP contribution in [-0.4, -0.2) is 37.2 Å². The quantitative estimate of drug-likeness (QED) is 0.520. The van der Waals surface area contributed by atoms with Crippen molar-refractivity contribution >= 4 is 15.9 Å². The predicted octanol–water partition coefficient (Wildman–Crippen LogP) is 5.31. The molecule has 0 amide bonds. The lowest BCUT2D eigenvalue weighted by Crippen LogP contribution is -2.37. The van der Waals surface area contributed by atoms with E-state index in [0.717, 1.165) is 41.2 Å². The first-order chi connectivity index (χ1) is 14.1. The van der Waals surface area contributed by atoms with Gasteiger partial charge in [-0.3, -0.25) is 4.90 Å². The average Bonchev–Trinajstić information content (AvgIpc) is 3.16. The first-order valence-electron chi connectivity index (χ1n) is 10.7. The lowest BCUT2D eigenvalue weighted by Gasteiger charge is -2.23. The van der Waals surface area contributed by atoms with Crippen LogP contribution in [0.3, 0.4) is 0 Å². The van der Waals surface area contributed by atoms with Crippen molar-refractivity contribution in [2.45, 2.75) is 52.8 Å². The number of rotatable bonds is 10. The van der Waals surface area contributed by atoms with Gasteiger partial charge in [0.25, 0.3) is 0 Å². The third-order valence-electron chi connectivity index (χ3n) is 5.49. The van der Waals surface area contributed by atoms with E-state index in [4.69, 9.17) is 9.47 Å². The number of likely N-dealkylation sites (N-methyl/N-ethyl adjacent to an activating group) is 1. The van der Waals surface area contributed by atoms with Crippen molar-refractivity contribution < 1.29 is 9.47 Å². The summed E-state index contributed by atoms with van der Waals surface area (Å²) in [4.78, 5) is 2.57. The van der Waals surface area contributed by atoms with Crippen LogP contribution in [-0.2, 0) is 13.2 Å². The van der Waals surface area contributed by atoms with E-state index in [0.29, 0.717) is 19.3 Å². The summed E-state index contributed by atoms with van der Waals surface area (Å²) < 4.78 is 13.0. The summed E-state index contributed by atoms with van der Waals surface area (Å²) in [5.74, 6) is 1.58. The Bertz CT molecular complexity index is 796. The van der Waals surface area contributed by atoms with Gasteiger partial charge in [-0.25, -0.2) is 0 Å². The second kappa shape index (κ2) is 11.0. The van der Waals surface area contributed by atoms with Gasteiger partial charge in [0.05, 0.1) is 6.61 Å². The smallest absolute Gasteiger partial charge is 0.162 e. The molecule has 3 rings (SSSR count). The van der Waals surface area contributed by atoms with Crippen molar-refractivity contribution in [3.8, 4) is 11.5 Å². The SMILES string of the molecule is CCOc1cc(CNCC2CCCN2CC)c(Br)cc1OCc1cccc(C)c1. The standard InChI is InChI=1S/C24H33BrN2O2/c1-4-27-11-7-10-21(27)16-26-15-20-13-23(28-5-2)24(14-22(20)25)29-17-19-9-6-8-18(3)12-19/h6,8-9,12-14,21,26H,4-5,7,10-11,15-17H2,1-3H3. The average molecular weight is 461 g/mol. The largest absolute Gasteiger partial charge is 0.490 e. The van der Waals surface area contributed by atoms with Gasteiger partial charge < -0.3 is 14.8 Å². The maximum Gasteiger partial charge on any atom is 0.162 e. The van der Waals surface area contributed by atoms with E-state index in [1.807, 2.05) is 13.0 Å². The molecular formula is C24H33BrN2O2. The third-order valence-corrected chi connectivity index (χ3v) is 6.23. The van der Waals surface area contributed by atoms with Crippen molar-refractivity contribution in [2.75, 3.05) is 26.2 Å². The monoisotopic (exact) mass is 460 g/mol. The van der Waals surface area contributed by atoms with Crippen LogP contribution < -0.4 is 14.8 Å². The molecule has 0 spiro atoms. The number of nitrogens with one attached hydrogen (secondary N) is 1. The molecule has 0 bridgehead atoms. The number of hydrogen-bond donors (Lipinski definition) is 1. The van der Waals surface area contributed by atoms with Crippen LogP contribution in [0.5, 0.6) is 11.5 Å². The second-order valence-corrected chi connectivity index (χ2v) is 8.51. The van der Waals surface area contributed by atoms with Crippen molar-refractivity contribution in [3.05, 3.63) is 57.6 Å². The van der Waals surface area contributed by atoms with Gasteiger partial charge >= 0.3 is 0 Å². The summed E-state index contributed by atoms with van der Waals surface area (Å²) in [6.07, 6.45) is 2.60. The van der Waals surface area contributed by atoms with Crippen LogP contribution in [0.25, 0.3) is 0 Å². The van der Waals surface area contributed by atoms with Crippen molar-refractivity contribution in [3.63, 3.8) is 0 Å². The fourth-order valence-electron chi connectivity index (χ4n) is 3.97. The summed E-state index contributed by atoms with van der Waals surface area (Å²) >= 11 is 3.72. The Labute approximate surface area is 183 Å². The normalized spacial score (nSPS) is 16.9. The van der Waals surface area contributed by atoms with Crippen LogP contribution in [0.15, 0.2) is 40.9 Å². The summed E-state index contributed by atoms with van der Waals surface area (Å²) in [5.41, 5.74) is 3.59. The first kappa shape index (κ1) is 22.1. The lowest BCUT2D eigenvalue weighted by atomic mass is 10.1. The Morgan fingerprint density at radius 2 is 1.97 bits per heavy atom. The molecule has 1 aliphatic rings. The zero-order valence-corrected chi connectivity index (χ0v) is 19.4. The van der Waals surface area contributed by atoms with E-state index in [2.05, 4.69) is 70.3 Å². The minimum Gasteiger partial charge on any atom is -0.490 e. The fraction of sp³-hybridized carbons (Fsp3) is 0.500. The third kappa shape index (κ3) is 6.21. The van der Waals surface area contributed by atoms with Gasteiger partial charge in [0.1, 0.15) is 6.61 Å².